The zero-order chi connectivity index (χ0) is 19.7. The van der Waals surface area contributed by atoms with Gasteiger partial charge in [-0.1, -0.05) is 18.2 Å². The van der Waals surface area contributed by atoms with Crippen molar-refractivity contribution < 1.29 is 13.6 Å². The minimum Gasteiger partial charge on any atom is -0.318 e. The molecule has 3 heterocycles. The molecule has 4 rings (SSSR count). The van der Waals surface area contributed by atoms with Gasteiger partial charge < -0.3 is 5.32 Å². The Bertz CT molecular complexity index is 1210. The number of carbonyl (C=O) groups excluding carboxylic acids is 1. The van der Waals surface area contributed by atoms with Gasteiger partial charge in [-0.15, -0.1) is 0 Å². The van der Waals surface area contributed by atoms with E-state index < -0.39 is 18.0 Å². The highest BCUT2D eigenvalue weighted by atomic mass is 19.3. The number of halogens is 2. The molecule has 138 valence electrons. The SMILES string of the molecule is N#Cc1cnn2c(C(=O)Nc3cn(-c4ccccc4)nc3C(F)F)ccc2c1. The Morgan fingerprint density at radius 2 is 1.96 bits per heavy atom. The number of alkyl halides is 2. The van der Waals surface area contributed by atoms with Gasteiger partial charge >= 0.3 is 0 Å². The fraction of sp³-hybridized carbons (Fsp3) is 0.0526. The Balaban J connectivity index is 1.68. The molecule has 7 nitrogen and oxygen atoms in total. The van der Waals surface area contributed by atoms with Gasteiger partial charge in [0.05, 0.1) is 34.8 Å². The molecular weight excluding hydrogens is 366 g/mol. The average Bonchev–Trinajstić information content (AvgIpc) is 3.32. The first-order valence-electron chi connectivity index (χ1n) is 8.19. The van der Waals surface area contributed by atoms with Crippen LogP contribution in [0.4, 0.5) is 14.5 Å². The highest BCUT2D eigenvalue weighted by Gasteiger charge is 2.22. The number of carbonyl (C=O) groups is 1. The van der Waals surface area contributed by atoms with Gasteiger partial charge in [0, 0.05) is 0 Å². The summed E-state index contributed by atoms with van der Waals surface area (Å²) < 4.78 is 29.4. The topological polar surface area (TPSA) is 88.0 Å². The number of para-hydroxylation sites is 1. The van der Waals surface area contributed by atoms with Crippen LogP contribution in [-0.4, -0.2) is 25.3 Å². The molecule has 0 radical (unpaired) electrons. The number of benzene rings is 1. The van der Waals surface area contributed by atoms with Crippen molar-refractivity contribution in [1.29, 1.82) is 5.26 Å². The van der Waals surface area contributed by atoms with E-state index in [2.05, 4.69) is 15.5 Å². The summed E-state index contributed by atoms with van der Waals surface area (Å²) in [6.45, 7) is 0. The molecule has 0 atom stereocenters. The quantitative estimate of drug-likeness (QED) is 0.588. The monoisotopic (exact) mass is 378 g/mol. The van der Waals surface area contributed by atoms with E-state index in [0.29, 0.717) is 16.8 Å². The zero-order valence-electron chi connectivity index (χ0n) is 14.3. The highest BCUT2D eigenvalue weighted by molar-refractivity contribution is 6.04. The summed E-state index contributed by atoms with van der Waals surface area (Å²) in [5.41, 5.74) is 1.00. The molecule has 1 N–H and O–H groups in total. The van der Waals surface area contributed by atoms with Crippen molar-refractivity contribution in [3.8, 4) is 11.8 Å². The van der Waals surface area contributed by atoms with Crippen LogP contribution in [0.3, 0.4) is 0 Å². The fourth-order valence-electron chi connectivity index (χ4n) is 2.78. The summed E-state index contributed by atoms with van der Waals surface area (Å²) in [7, 11) is 0. The largest absolute Gasteiger partial charge is 0.318 e. The Morgan fingerprint density at radius 3 is 2.68 bits per heavy atom. The third-order valence-electron chi connectivity index (χ3n) is 4.08. The first-order chi connectivity index (χ1) is 13.6. The Labute approximate surface area is 157 Å². The van der Waals surface area contributed by atoms with E-state index in [-0.39, 0.29) is 11.4 Å². The fourth-order valence-corrected chi connectivity index (χ4v) is 2.78. The molecule has 0 saturated carbocycles. The summed E-state index contributed by atoms with van der Waals surface area (Å²) in [5.74, 6) is -0.619. The molecule has 0 aliphatic carbocycles. The van der Waals surface area contributed by atoms with Crippen LogP contribution in [0.15, 0.2) is 60.9 Å². The van der Waals surface area contributed by atoms with Crippen molar-refractivity contribution in [3.05, 3.63) is 77.9 Å². The van der Waals surface area contributed by atoms with Crippen LogP contribution in [0.5, 0.6) is 0 Å². The van der Waals surface area contributed by atoms with E-state index in [1.165, 1.54) is 27.7 Å². The van der Waals surface area contributed by atoms with Gasteiger partial charge in [0.15, 0.2) is 5.69 Å². The van der Waals surface area contributed by atoms with Crippen LogP contribution < -0.4 is 5.32 Å². The van der Waals surface area contributed by atoms with Crippen LogP contribution in [0.2, 0.25) is 0 Å². The van der Waals surface area contributed by atoms with Gasteiger partial charge in [0.2, 0.25) is 0 Å². The molecule has 0 aliphatic heterocycles. The second kappa shape index (κ2) is 6.92. The number of fused-ring (bicyclic) bond motifs is 1. The normalized spacial score (nSPS) is 10.9. The van der Waals surface area contributed by atoms with E-state index in [9.17, 15) is 13.6 Å². The summed E-state index contributed by atoms with van der Waals surface area (Å²) >= 11 is 0. The molecule has 0 spiro atoms. The second-order valence-corrected chi connectivity index (χ2v) is 5.87. The van der Waals surface area contributed by atoms with Crippen LogP contribution in [-0.2, 0) is 0 Å². The van der Waals surface area contributed by atoms with Gasteiger partial charge in [-0.3, -0.25) is 4.79 Å². The lowest BCUT2D eigenvalue weighted by Crippen LogP contribution is -2.16. The predicted octanol–water partition coefficient (Wildman–Crippen LogP) is 3.58. The molecule has 4 aromatic rings. The van der Waals surface area contributed by atoms with Gasteiger partial charge in [-0.05, 0) is 30.3 Å². The molecule has 9 heteroatoms. The van der Waals surface area contributed by atoms with Crippen molar-refractivity contribution in [2.24, 2.45) is 0 Å². The molecule has 0 aliphatic rings. The number of nitrogens with zero attached hydrogens (tertiary/aromatic N) is 5. The van der Waals surface area contributed by atoms with Crippen LogP contribution in [0.25, 0.3) is 11.2 Å². The zero-order valence-corrected chi connectivity index (χ0v) is 14.3. The maximum Gasteiger partial charge on any atom is 0.284 e. The third kappa shape index (κ3) is 3.07. The first kappa shape index (κ1) is 17.4. The van der Waals surface area contributed by atoms with Crippen molar-refractivity contribution in [1.82, 2.24) is 19.4 Å². The molecule has 1 amide bonds. The maximum atomic E-state index is 13.4. The van der Waals surface area contributed by atoms with Gasteiger partial charge in [-0.2, -0.15) is 15.5 Å². The van der Waals surface area contributed by atoms with Crippen LogP contribution in [0.1, 0.15) is 28.2 Å². The lowest BCUT2D eigenvalue weighted by molar-refractivity contribution is 0.101. The summed E-state index contributed by atoms with van der Waals surface area (Å²) in [4.78, 5) is 12.6. The molecule has 0 saturated heterocycles. The van der Waals surface area contributed by atoms with Crippen molar-refractivity contribution in [3.63, 3.8) is 0 Å². The summed E-state index contributed by atoms with van der Waals surface area (Å²) in [6, 6.07) is 15.4. The maximum absolute atomic E-state index is 13.4. The number of aromatic nitrogens is 4. The van der Waals surface area contributed by atoms with E-state index in [0.717, 1.165) is 0 Å². The van der Waals surface area contributed by atoms with E-state index in [4.69, 9.17) is 5.26 Å². The number of nitrogens with one attached hydrogen (secondary N) is 1. The predicted molar refractivity (Wildman–Crippen MR) is 96.4 cm³/mol. The van der Waals surface area contributed by atoms with Gasteiger partial charge in [0.1, 0.15) is 11.8 Å². The first-order valence-corrected chi connectivity index (χ1v) is 8.19. The Morgan fingerprint density at radius 1 is 1.18 bits per heavy atom. The van der Waals surface area contributed by atoms with Crippen LogP contribution >= 0.6 is 0 Å². The number of rotatable bonds is 4. The molecule has 0 bridgehead atoms. The molecule has 0 fully saturated rings. The van der Waals surface area contributed by atoms with Crippen molar-refractivity contribution in [2.75, 3.05) is 5.32 Å². The third-order valence-corrected chi connectivity index (χ3v) is 4.08. The summed E-state index contributed by atoms with van der Waals surface area (Å²) in [5, 5.41) is 19.3. The van der Waals surface area contributed by atoms with Crippen LogP contribution in [0, 0.1) is 11.3 Å². The minimum atomic E-state index is -2.86. The number of anilines is 1. The second-order valence-electron chi connectivity index (χ2n) is 5.87. The number of hydrogen-bond donors (Lipinski definition) is 1. The van der Waals surface area contributed by atoms with E-state index >= 15 is 0 Å². The molecule has 0 unspecified atom stereocenters. The molecule has 3 aromatic heterocycles. The highest BCUT2D eigenvalue weighted by Crippen LogP contribution is 2.27. The average molecular weight is 378 g/mol. The molecule has 28 heavy (non-hydrogen) atoms. The number of nitriles is 1. The molecule has 1 aromatic carbocycles. The number of amides is 1. The van der Waals surface area contributed by atoms with Crippen molar-refractivity contribution >= 4 is 17.1 Å². The smallest absolute Gasteiger partial charge is 0.284 e. The lowest BCUT2D eigenvalue weighted by atomic mass is 10.3. The number of hydrogen-bond acceptors (Lipinski definition) is 4. The molecular formula is C19H12F2N6O. The van der Waals surface area contributed by atoms with Gasteiger partial charge in [0.25, 0.3) is 12.3 Å². The Kier molecular flexibility index (Phi) is 4.29. The standard InChI is InChI=1S/C19H12F2N6O/c20-18(21)17-15(11-26(25-17)13-4-2-1-3-5-13)24-19(28)16-7-6-14-8-12(9-22)10-23-27(14)16/h1-8,10-11,18H,(H,24,28). The van der Waals surface area contributed by atoms with E-state index in [1.54, 1.807) is 42.5 Å². The van der Waals surface area contributed by atoms with Gasteiger partial charge in [-0.25, -0.2) is 18.0 Å². The minimum absolute atomic E-state index is 0.0903. The lowest BCUT2D eigenvalue weighted by Gasteiger charge is -2.05. The summed E-state index contributed by atoms with van der Waals surface area (Å²) in [6.07, 6.45) is -0.200. The van der Waals surface area contributed by atoms with Crippen molar-refractivity contribution in [2.45, 2.75) is 6.43 Å². The Hall–Kier alpha value is -4.06. The van der Waals surface area contributed by atoms with E-state index in [1.807, 2.05) is 6.07 Å².